The van der Waals surface area contributed by atoms with E-state index in [4.69, 9.17) is 15.0 Å². The Morgan fingerprint density at radius 1 is 1.30 bits per heavy atom. The van der Waals surface area contributed by atoms with Crippen LogP contribution in [-0.4, -0.2) is 33.8 Å². The van der Waals surface area contributed by atoms with Crippen LogP contribution in [0.25, 0.3) is 0 Å². The number of anilines is 1. The molecule has 110 valence electrons. The zero-order valence-corrected chi connectivity index (χ0v) is 13.4. The summed E-state index contributed by atoms with van der Waals surface area (Å²) >= 11 is 0. The number of hydrogen-bond donors (Lipinski definition) is 1. The molecule has 1 atom stereocenters. The van der Waals surface area contributed by atoms with Crippen molar-refractivity contribution in [2.45, 2.75) is 44.6 Å². The van der Waals surface area contributed by atoms with E-state index < -0.39 is 29.1 Å². The number of hydrogen-bond acceptors (Lipinski definition) is 5. The molecule has 7 heteroatoms. The highest BCUT2D eigenvalue weighted by molar-refractivity contribution is 7.83. The summed E-state index contributed by atoms with van der Waals surface area (Å²) in [5.74, 6) is 0.728. The van der Waals surface area contributed by atoms with Gasteiger partial charge < -0.3 is 15.0 Å². The minimum absolute atomic E-state index is 0.346. The van der Waals surface area contributed by atoms with Gasteiger partial charge in [-0.1, -0.05) is 0 Å². The molecular formula is C13H21BN2O3S. The van der Waals surface area contributed by atoms with E-state index >= 15 is 0 Å². The maximum Gasteiger partial charge on any atom is 0.495 e. The number of rotatable bonds is 3. The van der Waals surface area contributed by atoms with Crippen LogP contribution in [0.3, 0.4) is 0 Å². The van der Waals surface area contributed by atoms with Gasteiger partial charge in [-0.15, -0.1) is 0 Å². The van der Waals surface area contributed by atoms with Gasteiger partial charge in [0.25, 0.3) is 0 Å². The second kappa shape index (κ2) is 5.13. The van der Waals surface area contributed by atoms with Crippen molar-refractivity contribution in [2.75, 3.05) is 12.0 Å². The number of nitrogens with two attached hydrogens (primary N) is 1. The van der Waals surface area contributed by atoms with E-state index in [2.05, 4.69) is 4.98 Å². The van der Waals surface area contributed by atoms with Crippen molar-refractivity contribution in [1.29, 1.82) is 0 Å². The zero-order valence-electron chi connectivity index (χ0n) is 12.6. The molecule has 2 rings (SSSR count). The molecule has 0 saturated carbocycles. The van der Waals surface area contributed by atoms with Crippen LogP contribution >= 0.6 is 0 Å². The quantitative estimate of drug-likeness (QED) is 0.837. The largest absolute Gasteiger partial charge is 0.495 e. The summed E-state index contributed by atoms with van der Waals surface area (Å²) in [7, 11) is -1.52. The standard InChI is InChI=1S/C13H21BN2O3S/c1-12(2)13(3,4)19-14(18-12)10-6-7-16-11(15)9(10)8-20(5)17/h6-7H,8H2,1-5H3,(H2,15,16). The summed E-state index contributed by atoms with van der Waals surface area (Å²) in [6, 6.07) is 1.82. The Bertz CT molecular complexity index is 532. The first-order chi connectivity index (χ1) is 9.14. The fourth-order valence-corrected chi connectivity index (χ4v) is 2.80. The number of pyridine rings is 1. The molecule has 5 nitrogen and oxygen atoms in total. The van der Waals surface area contributed by atoms with E-state index in [1.54, 1.807) is 12.5 Å². The fraction of sp³-hybridized carbons (Fsp3) is 0.615. The summed E-state index contributed by atoms with van der Waals surface area (Å²) in [6.07, 6.45) is 3.26. The molecule has 2 N–H and O–H groups in total. The van der Waals surface area contributed by atoms with Gasteiger partial charge in [0, 0.05) is 28.8 Å². The summed E-state index contributed by atoms with van der Waals surface area (Å²) < 4.78 is 23.6. The summed E-state index contributed by atoms with van der Waals surface area (Å²) in [5, 5.41) is 0. The van der Waals surface area contributed by atoms with Crippen LogP contribution in [0, 0.1) is 0 Å². The molecule has 0 aromatic carbocycles. The van der Waals surface area contributed by atoms with Gasteiger partial charge in [0.05, 0.1) is 17.0 Å². The predicted molar refractivity (Wildman–Crippen MR) is 82.1 cm³/mol. The van der Waals surface area contributed by atoms with E-state index in [0.717, 1.165) is 11.0 Å². The van der Waals surface area contributed by atoms with Crippen molar-refractivity contribution in [2.24, 2.45) is 0 Å². The van der Waals surface area contributed by atoms with Gasteiger partial charge in [0.2, 0.25) is 0 Å². The first-order valence-electron chi connectivity index (χ1n) is 6.53. The minimum Gasteiger partial charge on any atom is -0.399 e. The minimum atomic E-state index is -1.01. The van der Waals surface area contributed by atoms with Crippen molar-refractivity contribution >= 4 is 29.2 Å². The van der Waals surface area contributed by atoms with E-state index in [1.807, 2.05) is 33.8 Å². The van der Waals surface area contributed by atoms with Gasteiger partial charge in [-0.05, 0) is 39.2 Å². The number of nitrogen functional groups attached to an aromatic ring is 1. The van der Waals surface area contributed by atoms with Crippen LogP contribution in [0.2, 0.25) is 0 Å². The average Bonchev–Trinajstić information content (AvgIpc) is 2.50. The number of nitrogens with zero attached hydrogens (tertiary/aromatic N) is 1. The van der Waals surface area contributed by atoms with Gasteiger partial charge in [0.15, 0.2) is 0 Å². The average molecular weight is 296 g/mol. The van der Waals surface area contributed by atoms with E-state index in [-0.39, 0.29) is 0 Å². The molecule has 1 unspecified atom stereocenters. The van der Waals surface area contributed by atoms with Gasteiger partial charge in [0.1, 0.15) is 5.82 Å². The Hall–Kier alpha value is -0.915. The molecular weight excluding hydrogens is 275 g/mol. The first-order valence-corrected chi connectivity index (χ1v) is 8.26. The second-order valence-electron chi connectivity index (χ2n) is 6.07. The highest BCUT2D eigenvalue weighted by Gasteiger charge is 2.52. The molecule has 2 heterocycles. The van der Waals surface area contributed by atoms with Gasteiger partial charge in [-0.2, -0.15) is 0 Å². The maximum atomic E-state index is 11.5. The third kappa shape index (κ3) is 2.75. The van der Waals surface area contributed by atoms with Gasteiger partial charge in [-0.3, -0.25) is 4.21 Å². The van der Waals surface area contributed by atoms with Crippen LogP contribution in [0.4, 0.5) is 5.82 Å². The Morgan fingerprint density at radius 3 is 2.35 bits per heavy atom. The Labute approximate surface area is 122 Å². The Morgan fingerprint density at radius 2 is 1.85 bits per heavy atom. The molecule has 0 spiro atoms. The predicted octanol–water partition coefficient (Wildman–Crippen LogP) is 0.841. The fourth-order valence-electron chi connectivity index (χ4n) is 2.08. The van der Waals surface area contributed by atoms with E-state index in [1.165, 1.54) is 0 Å². The van der Waals surface area contributed by atoms with E-state index in [9.17, 15) is 4.21 Å². The molecule has 0 bridgehead atoms. The van der Waals surface area contributed by atoms with Crippen LogP contribution in [0.1, 0.15) is 33.3 Å². The second-order valence-corrected chi connectivity index (χ2v) is 7.50. The maximum absolute atomic E-state index is 11.5. The summed E-state index contributed by atoms with van der Waals surface area (Å²) in [5.41, 5.74) is 6.63. The third-order valence-electron chi connectivity index (χ3n) is 3.98. The number of aromatic nitrogens is 1. The molecule has 1 aliphatic heterocycles. The van der Waals surface area contributed by atoms with Crippen molar-refractivity contribution in [3.8, 4) is 0 Å². The molecule has 1 aromatic heterocycles. The van der Waals surface area contributed by atoms with Crippen LogP contribution < -0.4 is 11.2 Å². The topological polar surface area (TPSA) is 74.4 Å². The van der Waals surface area contributed by atoms with E-state index in [0.29, 0.717) is 11.6 Å². The lowest BCUT2D eigenvalue weighted by atomic mass is 9.77. The zero-order chi connectivity index (χ0) is 15.1. The Kier molecular flexibility index (Phi) is 3.97. The molecule has 0 amide bonds. The normalized spacial score (nSPS) is 21.9. The smallest absolute Gasteiger partial charge is 0.399 e. The monoisotopic (exact) mass is 296 g/mol. The summed E-state index contributed by atoms with van der Waals surface area (Å²) in [6.45, 7) is 7.98. The van der Waals surface area contributed by atoms with Gasteiger partial charge >= 0.3 is 7.12 Å². The SMILES string of the molecule is CS(=O)Cc1c(B2OC(C)(C)C(C)(C)O2)ccnc1N. The molecule has 0 radical (unpaired) electrons. The van der Waals surface area contributed by atoms with Crippen molar-refractivity contribution in [3.05, 3.63) is 17.8 Å². The summed E-state index contributed by atoms with van der Waals surface area (Å²) in [4.78, 5) is 4.07. The van der Waals surface area contributed by atoms with Crippen LogP contribution in [-0.2, 0) is 25.9 Å². The Balaban J connectivity index is 2.40. The highest BCUT2D eigenvalue weighted by atomic mass is 32.2. The molecule has 1 aromatic rings. The molecule has 1 fully saturated rings. The lowest BCUT2D eigenvalue weighted by Crippen LogP contribution is -2.41. The molecule has 0 aliphatic carbocycles. The van der Waals surface area contributed by atoms with Crippen LogP contribution in [0.5, 0.6) is 0 Å². The van der Waals surface area contributed by atoms with Crippen molar-refractivity contribution in [3.63, 3.8) is 0 Å². The molecule has 1 aliphatic rings. The molecule has 1 saturated heterocycles. The van der Waals surface area contributed by atoms with Crippen molar-refractivity contribution < 1.29 is 13.5 Å². The van der Waals surface area contributed by atoms with Crippen LogP contribution in [0.15, 0.2) is 12.3 Å². The van der Waals surface area contributed by atoms with Gasteiger partial charge in [-0.25, -0.2) is 4.98 Å². The first kappa shape index (κ1) is 15.5. The lowest BCUT2D eigenvalue weighted by molar-refractivity contribution is 0.00578. The van der Waals surface area contributed by atoms with Crippen molar-refractivity contribution in [1.82, 2.24) is 4.98 Å². The molecule has 20 heavy (non-hydrogen) atoms. The third-order valence-corrected chi connectivity index (χ3v) is 4.68. The highest BCUT2D eigenvalue weighted by Crippen LogP contribution is 2.36. The lowest BCUT2D eigenvalue weighted by Gasteiger charge is -2.32.